The standard InChI is InChI=1S/C12H16N2O3/c1-8(9(2)12(16)17)11(15)14-7-10-4-3-5-13-6-10/h3-6,8-9H,7H2,1-2H3,(H,14,15)(H,16,17). The lowest BCUT2D eigenvalue weighted by molar-refractivity contribution is -0.146. The zero-order chi connectivity index (χ0) is 12.8. The van der Waals surface area contributed by atoms with Gasteiger partial charge in [-0.05, 0) is 11.6 Å². The molecule has 0 saturated heterocycles. The second-order valence-electron chi connectivity index (χ2n) is 3.99. The summed E-state index contributed by atoms with van der Waals surface area (Å²) in [6.45, 7) is 3.50. The van der Waals surface area contributed by atoms with Crippen molar-refractivity contribution in [2.45, 2.75) is 20.4 Å². The van der Waals surface area contributed by atoms with Crippen LogP contribution in [-0.2, 0) is 16.1 Å². The minimum atomic E-state index is -0.964. The van der Waals surface area contributed by atoms with E-state index in [1.807, 2.05) is 6.07 Å². The minimum absolute atomic E-state index is 0.260. The zero-order valence-corrected chi connectivity index (χ0v) is 9.88. The molecule has 1 rings (SSSR count). The highest BCUT2D eigenvalue weighted by Crippen LogP contribution is 2.11. The van der Waals surface area contributed by atoms with Crippen molar-refractivity contribution in [3.8, 4) is 0 Å². The molecule has 92 valence electrons. The number of hydrogen-bond acceptors (Lipinski definition) is 3. The number of pyridine rings is 1. The summed E-state index contributed by atoms with van der Waals surface area (Å²) in [4.78, 5) is 26.3. The van der Waals surface area contributed by atoms with Gasteiger partial charge in [0.25, 0.3) is 0 Å². The highest BCUT2D eigenvalue weighted by Gasteiger charge is 2.25. The van der Waals surface area contributed by atoms with Crippen LogP contribution >= 0.6 is 0 Å². The highest BCUT2D eigenvalue weighted by molar-refractivity contribution is 5.84. The molecule has 2 unspecified atom stereocenters. The van der Waals surface area contributed by atoms with E-state index < -0.39 is 17.8 Å². The summed E-state index contributed by atoms with van der Waals surface area (Å²) in [6, 6.07) is 3.63. The van der Waals surface area contributed by atoms with Gasteiger partial charge in [0.15, 0.2) is 0 Å². The van der Waals surface area contributed by atoms with Gasteiger partial charge in [-0.25, -0.2) is 0 Å². The number of nitrogens with zero attached hydrogens (tertiary/aromatic N) is 1. The molecule has 5 heteroatoms. The van der Waals surface area contributed by atoms with Gasteiger partial charge in [0.2, 0.25) is 5.91 Å². The molecule has 0 aromatic carbocycles. The summed E-state index contributed by atoms with van der Waals surface area (Å²) >= 11 is 0. The quantitative estimate of drug-likeness (QED) is 0.801. The SMILES string of the molecule is CC(C(=O)O)C(C)C(=O)NCc1cccnc1. The number of nitrogens with one attached hydrogen (secondary N) is 1. The van der Waals surface area contributed by atoms with Crippen LogP contribution in [0, 0.1) is 11.8 Å². The molecule has 1 aromatic heterocycles. The van der Waals surface area contributed by atoms with Gasteiger partial charge in [0, 0.05) is 24.9 Å². The van der Waals surface area contributed by atoms with E-state index in [0.717, 1.165) is 5.56 Å². The van der Waals surface area contributed by atoms with Crippen molar-refractivity contribution in [1.29, 1.82) is 0 Å². The molecule has 0 radical (unpaired) electrons. The van der Waals surface area contributed by atoms with Crippen molar-refractivity contribution < 1.29 is 14.7 Å². The Morgan fingerprint density at radius 2 is 2.12 bits per heavy atom. The molecule has 0 aliphatic heterocycles. The monoisotopic (exact) mass is 236 g/mol. The normalized spacial score (nSPS) is 13.8. The molecule has 0 fully saturated rings. The second-order valence-corrected chi connectivity index (χ2v) is 3.99. The third-order valence-electron chi connectivity index (χ3n) is 2.74. The summed E-state index contributed by atoms with van der Waals surface area (Å²) in [5.74, 6) is -2.47. The minimum Gasteiger partial charge on any atom is -0.481 e. The van der Waals surface area contributed by atoms with Gasteiger partial charge < -0.3 is 10.4 Å². The Morgan fingerprint density at radius 1 is 1.41 bits per heavy atom. The number of carboxylic acid groups (broad SMARTS) is 1. The maximum Gasteiger partial charge on any atom is 0.307 e. The topological polar surface area (TPSA) is 79.3 Å². The molecule has 0 aliphatic rings. The van der Waals surface area contributed by atoms with Gasteiger partial charge >= 0.3 is 5.97 Å². The fourth-order valence-electron chi connectivity index (χ4n) is 1.29. The number of amides is 1. The first-order valence-corrected chi connectivity index (χ1v) is 5.41. The Labute approximate surface area is 99.9 Å². The lowest BCUT2D eigenvalue weighted by atomic mass is 9.95. The third-order valence-corrected chi connectivity index (χ3v) is 2.74. The van der Waals surface area contributed by atoms with Crippen molar-refractivity contribution in [2.24, 2.45) is 11.8 Å². The van der Waals surface area contributed by atoms with E-state index in [1.165, 1.54) is 6.92 Å². The molecule has 2 atom stereocenters. The first kappa shape index (κ1) is 13.2. The van der Waals surface area contributed by atoms with Crippen LogP contribution < -0.4 is 5.32 Å². The van der Waals surface area contributed by atoms with Crippen molar-refractivity contribution >= 4 is 11.9 Å². The average Bonchev–Trinajstić information content (AvgIpc) is 2.35. The van der Waals surface area contributed by atoms with E-state index in [9.17, 15) is 9.59 Å². The number of carboxylic acids is 1. The Morgan fingerprint density at radius 3 is 2.65 bits per heavy atom. The predicted octanol–water partition coefficient (Wildman–Crippen LogP) is 1.05. The first-order chi connectivity index (χ1) is 8.02. The lowest BCUT2D eigenvalue weighted by Crippen LogP contribution is -2.34. The number of rotatable bonds is 5. The maximum absolute atomic E-state index is 11.7. The summed E-state index contributed by atoms with van der Waals surface area (Å²) < 4.78 is 0. The lowest BCUT2D eigenvalue weighted by Gasteiger charge is -2.15. The summed E-state index contributed by atoms with van der Waals surface area (Å²) in [7, 11) is 0. The van der Waals surface area contributed by atoms with E-state index in [2.05, 4.69) is 10.3 Å². The number of carbonyl (C=O) groups is 2. The fourth-order valence-corrected chi connectivity index (χ4v) is 1.29. The van der Waals surface area contributed by atoms with E-state index in [1.54, 1.807) is 25.4 Å². The van der Waals surface area contributed by atoms with Gasteiger partial charge in [0.1, 0.15) is 0 Å². The van der Waals surface area contributed by atoms with Crippen LogP contribution in [0.25, 0.3) is 0 Å². The maximum atomic E-state index is 11.7. The molecule has 0 bridgehead atoms. The number of carbonyl (C=O) groups excluding carboxylic acids is 1. The molecule has 17 heavy (non-hydrogen) atoms. The molecular weight excluding hydrogens is 220 g/mol. The van der Waals surface area contributed by atoms with Crippen LogP contribution in [0.4, 0.5) is 0 Å². The van der Waals surface area contributed by atoms with Crippen LogP contribution in [0.5, 0.6) is 0 Å². The predicted molar refractivity (Wildman–Crippen MR) is 62.0 cm³/mol. The fraction of sp³-hybridized carbons (Fsp3) is 0.417. The van der Waals surface area contributed by atoms with Crippen molar-refractivity contribution in [1.82, 2.24) is 10.3 Å². The van der Waals surface area contributed by atoms with E-state index >= 15 is 0 Å². The Balaban J connectivity index is 2.47. The van der Waals surface area contributed by atoms with E-state index in [-0.39, 0.29) is 5.91 Å². The second kappa shape index (κ2) is 5.98. The Bertz CT molecular complexity index is 392. The van der Waals surface area contributed by atoms with Crippen LogP contribution in [0.1, 0.15) is 19.4 Å². The Kier molecular flexibility index (Phi) is 4.63. The van der Waals surface area contributed by atoms with Gasteiger partial charge in [-0.3, -0.25) is 14.6 Å². The highest BCUT2D eigenvalue weighted by atomic mass is 16.4. The smallest absolute Gasteiger partial charge is 0.307 e. The average molecular weight is 236 g/mol. The molecular formula is C12H16N2O3. The Hall–Kier alpha value is -1.91. The molecule has 0 spiro atoms. The first-order valence-electron chi connectivity index (χ1n) is 5.41. The van der Waals surface area contributed by atoms with Crippen molar-refractivity contribution in [2.75, 3.05) is 0 Å². The number of aromatic nitrogens is 1. The van der Waals surface area contributed by atoms with Gasteiger partial charge in [-0.2, -0.15) is 0 Å². The van der Waals surface area contributed by atoms with Crippen molar-refractivity contribution in [3.63, 3.8) is 0 Å². The molecule has 5 nitrogen and oxygen atoms in total. The largest absolute Gasteiger partial charge is 0.481 e. The molecule has 1 aromatic rings. The van der Waals surface area contributed by atoms with Gasteiger partial charge in [-0.15, -0.1) is 0 Å². The van der Waals surface area contributed by atoms with Crippen LogP contribution in [0.2, 0.25) is 0 Å². The van der Waals surface area contributed by atoms with Gasteiger partial charge in [-0.1, -0.05) is 19.9 Å². The number of hydrogen-bond donors (Lipinski definition) is 2. The summed E-state index contributed by atoms with van der Waals surface area (Å²) in [5, 5.41) is 11.5. The molecule has 0 saturated carbocycles. The third kappa shape index (κ3) is 3.86. The zero-order valence-electron chi connectivity index (χ0n) is 9.88. The molecule has 0 aliphatic carbocycles. The van der Waals surface area contributed by atoms with Crippen LogP contribution in [-0.4, -0.2) is 22.0 Å². The summed E-state index contributed by atoms with van der Waals surface area (Å²) in [6.07, 6.45) is 3.31. The summed E-state index contributed by atoms with van der Waals surface area (Å²) in [5.41, 5.74) is 0.885. The van der Waals surface area contributed by atoms with Crippen molar-refractivity contribution in [3.05, 3.63) is 30.1 Å². The van der Waals surface area contributed by atoms with Crippen LogP contribution in [0.15, 0.2) is 24.5 Å². The van der Waals surface area contributed by atoms with E-state index in [0.29, 0.717) is 6.54 Å². The number of aliphatic carboxylic acids is 1. The van der Waals surface area contributed by atoms with Gasteiger partial charge in [0.05, 0.1) is 5.92 Å². The molecule has 1 amide bonds. The van der Waals surface area contributed by atoms with E-state index in [4.69, 9.17) is 5.11 Å². The molecule has 1 heterocycles. The molecule has 2 N–H and O–H groups in total. The van der Waals surface area contributed by atoms with Crippen LogP contribution in [0.3, 0.4) is 0 Å².